The lowest BCUT2D eigenvalue weighted by Gasteiger charge is -2.12. The number of nitro groups is 1. The molecule has 0 bridgehead atoms. The number of anilines is 1. The molecular weight excluding hydrogens is 262 g/mol. The maximum atomic E-state index is 10.7. The molecule has 1 fully saturated rings. The summed E-state index contributed by atoms with van der Waals surface area (Å²) in [6.45, 7) is 0.879. The van der Waals surface area contributed by atoms with Crippen molar-refractivity contribution in [1.29, 1.82) is 0 Å². The average molecular weight is 277 g/mol. The molecule has 0 aliphatic heterocycles. The Morgan fingerprint density at radius 1 is 1.50 bits per heavy atom. The summed E-state index contributed by atoms with van der Waals surface area (Å²) in [6, 6.07) is 4.71. The maximum absolute atomic E-state index is 10.7. The predicted octanol–water partition coefficient (Wildman–Crippen LogP) is 2.31. The fraction of sp³-hybridized carbons (Fsp3) is 0.462. The Morgan fingerprint density at radius 2 is 2.30 bits per heavy atom. The van der Waals surface area contributed by atoms with Gasteiger partial charge in [0.25, 0.3) is 11.7 Å². The van der Waals surface area contributed by atoms with Gasteiger partial charge in [-0.1, -0.05) is 0 Å². The largest absolute Gasteiger partial charge is 0.423 e. The number of aliphatic hydroxyl groups is 1. The highest BCUT2D eigenvalue weighted by Crippen LogP contribution is 2.48. The molecule has 0 amide bonds. The summed E-state index contributed by atoms with van der Waals surface area (Å²) in [7, 11) is 0. The van der Waals surface area contributed by atoms with E-state index < -0.39 is 4.92 Å². The Bertz CT molecular complexity index is 648. The number of nitro benzene ring substituents is 1. The van der Waals surface area contributed by atoms with E-state index in [0.717, 1.165) is 19.3 Å². The van der Waals surface area contributed by atoms with E-state index >= 15 is 0 Å². The lowest BCUT2D eigenvalue weighted by atomic mass is 10.0. The highest BCUT2D eigenvalue weighted by Gasteiger charge is 2.41. The molecular formula is C13H15N3O4. The van der Waals surface area contributed by atoms with Crippen LogP contribution in [0.2, 0.25) is 0 Å². The third kappa shape index (κ3) is 2.44. The Kier molecular flexibility index (Phi) is 3.06. The van der Waals surface area contributed by atoms with E-state index in [2.05, 4.69) is 10.3 Å². The monoisotopic (exact) mass is 277 g/mol. The molecule has 1 aliphatic rings. The summed E-state index contributed by atoms with van der Waals surface area (Å²) >= 11 is 0. The van der Waals surface area contributed by atoms with Crippen LogP contribution in [-0.4, -0.2) is 28.2 Å². The Labute approximate surface area is 114 Å². The molecule has 1 heterocycles. The number of aromatic nitrogens is 1. The minimum absolute atomic E-state index is 0.0147. The molecule has 1 aromatic carbocycles. The summed E-state index contributed by atoms with van der Waals surface area (Å²) in [6.07, 6.45) is 2.95. The number of hydrogen-bond donors (Lipinski definition) is 2. The molecule has 1 aromatic heterocycles. The molecule has 20 heavy (non-hydrogen) atoms. The molecule has 0 saturated heterocycles. The van der Waals surface area contributed by atoms with Crippen molar-refractivity contribution >= 4 is 22.8 Å². The molecule has 2 N–H and O–H groups in total. The highest BCUT2D eigenvalue weighted by atomic mass is 16.6. The van der Waals surface area contributed by atoms with Gasteiger partial charge in [-0.2, -0.15) is 4.98 Å². The van der Waals surface area contributed by atoms with E-state index in [1.807, 2.05) is 0 Å². The van der Waals surface area contributed by atoms with Gasteiger partial charge in [-0.15, -0.1) is 0 Å². The standard InChI is InChI=1S/C13H15N3O4/c17-6-5-13(3-4-13)8-14-12-15-10-2-1-9(16(18)19)7-11(10)20-12/h1-2,7,17H,3-6,8H2,(H,14,15). The second-order valence-electron chi connectivity index (χ2n) is 5.26. The smallest absolute Gasteiger partial charge is 0.295 e. The number of aliphatic hydroxyl groups excluding tert-OH is 1. The van der Waals surface area contributed by atoms with Crippen LogP contribution in [0.15, 0.2) is 22.6 Å². The number of non-ortho nitro benzene ring substituents is 1. The van der Waals surface area contributed by atoms with Crippen LogP contribution < -0.4 is 5.32 Å². The van der Waals surface area contributed by atoms with Crippen molar-refractivity contribution in [3.05, 3.63) is 28.3 Å². The molecule has 3 rings (SSSR count). The Balaban J connectivity index is 1.74. The minimum atomic E-state index is -0.463. The average Bonchev–Trinajstić information content (AvgIpc) is 3.06. The second kappa shape index (κ2) is 4.75. The zero-order chi connectivity index (χ0) is 14.2. The van der Waals surface area contributed by atoms with Crippen molar-refractivity contribution in [3.63, 3.8) is 0 Å². The van der Waals surface area contributed by atoms with Crippen molar-refractivity contribution in [3.8, 4) is 0 Å². The van der Waals surface area contributed by atoms with Crippen molar-refractivity contribution in [1.82, 2.24) is 4.98 Å². The number of nitrogens with zero attached hydrogens (tertiary/aromatic N) is 2. The number of rotatable bonds is 6. The lowest BCUT2D eigenvalue weighted by Crippen LogP contribution is -2.16. The van der Waals surface area contributed by atoms with Crippen molar-refractivity contribution in [2.75, 3.05) is 18.5 Å². The Morgan fingerprint density at radius 3 is 2.95 bits per heavy atom. The van der Waals surface area contributed by atoms with Gasteiger partial charge in [-0.3, -0.25) is 10.1 Å². The number of nitrogens with one attached hydrogen (secondary N) is 1. The van der Waals surface area contributed by atoms with E-state index in [4.69, 9.17) is 9.52 Å². The Hall–Kier alpha value is -2.15. The first-order valence-corrected chi connectivity index (χ1v) is 6.52. The summed E-state index contributed by atoms with van der Waals surface area (Å²) in [5.41, 5.74) is 1.12. The van der Waals surface area contributed by atoms with Crippen LogP contribution in [0.1, 0.15) is 19.3 Å². The molecule has 2 aromatic rings. The zero-order valence-electron chi connectivity index (χ0n) is 10.8. The van der Waals surface area contributed by atoms with Gasteiger partial charge in [0, 0.05) is 19.2 Å². The summed E-state index contributed by atoms with van der Waals surface area (Å²) < 4.78 is 5.47. The molecule has 1 aliphatic carbocycles. The number of fused-ring (bicyclic) bond motifs is 1. The van der Waals surface area contributed by atoms with E-state index in [0.29, 0.717) is 23.7 Å². The SMILES string of the molecule is O=[N+]([O-])c1ccc2nc(NCC3(CCO)CC3)oc2c1. The van der Waals surface area contributed by atoms with Gasteiger partial charge in [0.1, 0.15) is 5.52 Å². The molecule has 0 atom stereocenters. The molecule has 106 valence electrons. The fourth-order valence-corrected chi connectivity index (χ4v) is 2.29. The lowest BCUT2D eigenvalue weighted by molar-refractivity contribution is -0.384. The topological polar surface area (TPSA) is 101 Å². The molecule has 0 spiro atoms. The summed E-state index contributed by atoms with van der Waals surface area (Å²) in [5, 5.41) is 22.8. The fourth-order valence-electron chi connectivity index (χ4n) is 2.29. The first-order chi connectivity index (χ1) is 9.62. The van der Waals surface area contributed by atoms with Gasteiger partial charge in [0.15, 0.2) is 5.58 Å². The second-order valence-corrected chi connectivity index (χ2v) is 5.26. The van der Waals surface area contributed by atoms with Crippen molar-refractivity contribution in [2.45, 2.75) is 19.3 Å². The van der Waals surface area contributed by atoms with E-state index in [-0.39, 0.29) is 17.7 Å². The number of oxazole rings is 1. The molecule has 1 saturated carbocycles. The predicted molar refractivity (Wildman–Crippen MR) is 72.5 cm³/mol. The van der Waals surface area contributed by atoms with Crippen molar-refractivity contribution in [2.24, 2.45) is 5.41 Å². The molecule has 7 heteroatoms. The van der Waals surface area contributed by atoms with Crippen LogP contribution in [-0.2, 0) is 0 Å². The molecule has 0 unspecified atom stereocenters. The first kappa shape index (κ1) is 12.9. The third-order valence-corrected chi connectivity index (χ3v) is 3.80. The number of hydrogen-bond acceptors (Lipinski definition) is 6. The van der Waals surface area contributed by atoms with Gasteiger partial charge in [-0.25, -0.2) is 0 Å². The third-order valence-electron chi connectivity index (χ3n) is 3.80. The van der Waals surface area contributed by atoms with Gasteiger partial charge in [0.05, 0.1) is 11.0 Å². The van der Waals surface area contributed by atoms with E-state index in [1.54, 1.807) is 6.07 Å². The van der Waals surface area contributed by atoms with Crippen LogP contribution in [0.4, 0.5) is 11.7 Å². The van der Waals surface area contributed by atoms with Gasteiger partial charge in [0.2, 0.25) is 0 Å². The van der Waals surface area contributed by atoms with Gasteiger partial charge in [-0.05, 0) is 30.7 Å². The zero-order valence-corrected chi connectivity index (χ0v) is 10.8. The highest BCUT2D eigenvalue weighted by molar-refractivity contribution is 5.77. The van der Waals surface area contributed by atoms with E-state index in [9.17, 15) is 10.1 Å². The minimum Gasteiger partial charge on any atom is -0.423 e. The maximum Gasteiger partial charge on any atom is 0.295 e. The first-order valence-electron chi connectivity index (χ1n) is 6.52. The molecule has 0 radical (unpaired) electrons. The van der Waals surface area contributed by atoms with Crippen LogP contribution in [0, 0.1) is 15.5 Å². The van der Waals surface area contributed by atoms with E-state index in [1.165, 1.54) is 12.1 Å². The van der Waals surface area contributed by atoms with Crippen molar-refractivity contribution < 1.29 is 14.4 Å². The molecule has 7 nitrogen and oxygen atoms in total. The summed E-state index contributed by atoms with van der Waals surface area (Å²) in [4.78, 5) is 14.5. The summed E-state index contributed by atoms with van der Waals surface area (Å²) in [5.74, 6) is 0. The van der Waals surface area contributed by atoms with Gasteiger partial charge >= 0.3 is 0 Å². The normalized spacial score (nSPS) is 16.2. The van der Waals surface area contributed by atoms with Crippen LogP contribution in [0.3, 0.4) is 0 Å². The van der Waals surface area contributed by atoms with Crippen LogP contribution >= 0.6 is 0 Å². The number of benzene rings is 1. The van der Waals surface area contributed by atoms with Crippen LogP contribution in [0.5, 0.6) is 0 Å². The van der Waals surface area contributed by atoms with Gasteiger partial charge < -0.3 is 14.8 Å². The quantitative estimate of drug-likeness (QED) is 0.620. The van der Waals surface area contributed by atoms with Crippen LogP contribution in [0.25, 0.3) is 11.1 Å².